The minimum Gasteiger partial charge on any atom is -0.438 e. The van der Waals surface area contributed by atoms with Crippen LogP contribution in [0, 0.1) is 5.82 Å². The van der Waals surface area contributed by atoms with Crippen LogP contribution in [0.3, 0.4) is 0 Å². The van der Waals surface area contributed by atoms with Crippen molar-refractivity contribution in [2.45, 2.75) is 6.04 Å². The maximum Gasteiger partial charge on any atom is 0.251 e. The molecule has 3 aromatic heterocycles. The largest absolute Gasteiger partial charge is 0.438 e. The third-order valence-electron chi connectivity index (χ3n) is 6.37. The number of benzene rings is 2. The number of nitrogens with zero attached hydrogens (tertiary/aromatic N) is 4. The lowest BCUT2D eigenvalue weighted by atomic mass is 10.0. The number of aromatic nitrogens is 4. The molecule has 186 valence electrons. The van der Waals surface area contributed by atoms with Gasteiger partial charge in [0.2, 0.25) is 5.71 Å². The highest BCUT2D eigenvalue weighted by Crippen LogP contribution is 2.38. The van der Waals surface area contributed by atoms with E-state index in [2.05, 4.69) is 20.4 Å². The Bertz CT molecular complexity index is 1760. The van der Waals surface area contributed by atoms with Gasteiger partial charge >= 0.3 is 0 Å². The smallest absolute Gasteiger partial charge is 0.251 e. The van der Waals surface area contributed by atoms with Gasteiger partial charge in [0.25, 0.3) is 5.91 Å². The minimum atomic E-state index is -3.08. The van der Waals surface area contributed by atoms with Crippen LogP contribution < -0.4 is 5.32 Å². The first kappa shape index (κ1) is 23.0. The van der Waals surface area contributed by atoms with Crippen LogP contribution >= 0.6 is 0 Å². The molecule has 37 heavy (non-hydrogen) atoms. The van der Waals surface area contributed by atoms with Gasteiger partial charge < -0.3 is 9.73 Å². The lowest BCUT2D eigenvalue weighted by Gasteiger charge is -2.25. The molecule has 0 unspecified atom stereocenters. The number of rotatable bonds is 5. The van der Waals surface area contributed by atoms with E-state index in [1.807, 2.05) is 6.07 Å². The second kappa shape index (κ2) is 8.63. The number of fused-ring (bicyclic) bond motifs is 1. The molecule has 4 heterocycles. The molecule has 0 aliphatic carbocycles. The van der Waals surface area contributed by atoms with Crippen molar-refractivity contribution in [2.24, 2.45) is 0 Å². The first-order chi connectivity index (χ1) is 17.8. The Morgan fingerprint density at radius 3 is 2.54 bits per heavy atom. The Balaban J connectivity index is 1.52. The van der Waals surface area contributed by atoms with E-state index in [0.29, 0.717) is 50.5 Å². The molecule has 0 saturated carbocycles. The van der Waals surface area contributed by atoms with Crippen molar-refractivity contribution >= 4 is 26.8 Å². The molecule has 1 saturated heterocycles. The minimum absolute atomic E-state index is 0.00228. The zero-order valence-electron chi connectivity index (χ0n) is 19.6. The lowest BCUT2D eigenvalue weighted by molar-refractivity contribution is 0.0963. The number of carbonyl (C=O) groups is 1. The fourth-order valence-corrected chi connectivity index (χ4v) is 5.88. The summed E-state index contributed by atoms with van der Waals surface area (Å²) < 4.78 is 44.9. The Morgan fingerprint density at radius 1 is 1.05 bits per heavy atom. The summed E-state index contributed by atoms with van der Waals surface area (Å²) in [4.78, 5) is 21.2. The van der Waals surface area contributed by atoms with E-state index in [1.54, 1.807) is 54.3 Å². The third-order valence-corrected chi connectivity index (χ3v) is 8.15. The van der Waals surface area contributed by atoms with E-state index < -0.39 is 9.84 Å². The van der Waals surface area contributed by atoms with Crippen molar-refractivity contribution in [1.29, 1.82) is 0 Å². The van der Waals surface area contributed by atoms with Crippen molar-refractivity contribution < 1.29 is 22.0 Å². The summed E-state index contributed by atoms with van der Waals surface area (Å²) in [6, 6.07) is 14.5. The highest BCUT2D eigenvalue weighted by Gasteiger charge is 2.36. The monoisotopic (exact) mass is 517 g/mol. The van der Waals surface area contributed by atoms with Crippen LogP contribution in [0.15, 0.2) is 71.5 Å². The van der Waals surface area contributed by atoms with Gasteiger partial charge in [-0.3, -0.25) is 9.48 Å². The normalized spacial score (nSPS) is 15.0. The molecule has 1 aliphatic heterocycles. The second-order valence-electron chi connectivity index (χ2n) is 8.79. The molecule has 0 spiro atoms. The van der Waals surface area contributed by atoms with E-state index in [9.17, 15) is 17.6 Å². The Morgan fingerprint density at radius 2 is 1.81 bits per heavy atom. The Kier molecular flexibility index (Phi) is 5.37. The van der Waals surface area contributed by atoms with Gasteiger partial charge in [-0.2, -0.15) is 5.10 Å². The predicted molar refractivity (Wildman–Crippen MR) is 135 cm³/mol. The van der Waals surface area contributed by atoms with Crippen LogP contribution in [-0.4, -0.2) is 52.6 Å². The molecule has 0 atom stereocenters. The Hall–Kier alpha value is -4.38. The first-order valence-corrected chi connectivity index (χ1v) is 13.3. The molecule has 1 amide bonds. The highest BCUT2D eigenvalue weighted by molar-refractivity contribution is 7.92. The van der Waals surface area contributed by atoms with Gasteiger partial charge in [-0.1, -0.05) is 18.2 Å². The summed E-state index contributed by atoms with van der Waals surface area (Å²) in [6.45, 7) is 0. The van der Waals surface area contributed by atoms with Crippen molar-refractivity contribution in [1.82, 2.24) is 25.1 Å². The standard InChI is InChI=1S/C26H20FN5O4S/c1-28-25(33)19-5-3-2-4-18(19)22-10-20-24(29-14-30-26(20)36-22)21-11-32(17-12-37(34,35)13-17)31-23(21)15-6-8-16(27)9-7-15/h2-11,14,17H,12-13H2,1H3,(H,28,33). The maximum atomic E-state index is 13.6. The fourth-order valence-electron chi connectivity index (χ4n) is 4.50. The molecule has 6 rings (SSSR count). The van der Waals surface area contributed by atoms with Gasteiger partial charge in [-0.15, -0.1) is 0 Å². The fraction of sp³-hybridized carbons (Fsp3) is 0.154. The number of hydrogen-bond donors (Lipinski definition) is 1. The van der Waals surface area contributed by atoms with Gasteiger partial charge in [0.1, 0.15) is 23.6 Å². The quantitative estimate of drug-likeness (QED) is 0.376. The van der Waals surface area contributed by atoms with E-state index >= 15 is 0 Å². The summed E-state index contributed by atoms with van der Waals surface area (Å²) in [7, 11) is -1.52. The van der Waals surface area contributed by atoms with Gasteiger partial charge in [-0.05, 0) is 36.4 Å². The molecule has 1 fully saturated rings. The zero-order valence-corrected chi connectivity index (χ0v) is 20.4. The van der Waals surface area contributed by atoms with Crippen LogP contribution in [0.2, 0.25) is 0 Å². The predicted octanol–water partition coefficient (Wildman–Crippen LogP) is 3.89. The van der Waals surface area contributed by atoms with E-state index in [4.69, 9.17) is 4.42 Å². The van der Waals surface area contributed by atoms with E-state index in [1.165, 1.54) is 18.5 Å². The molecular formula is C26H20FN5O4S. The number of halogens is 1. The number of furan rings is 1. The van der Waals surface area contributed by atoms with Crippen LogP contribution in [-0.2, 0) is 9.84 Å². The van der Waals surface area contributed by atoms with Crippen molar-refractivity contribution in [3.05, 3.63) is 78.5 Å². The highest BCUT2D eigenvalue weighted by atomic mass is 32.2. The summed E-state index contributed by atoms with van der Waals surface area (Å²) in [5, 5.41) is 7.90. The van der Waals surface area contributed by atoms with Gasteiger partial charge in [0.05, 0.1) is 34.2 Å². The topological polar surface area (TPSA) is 120 Å². The van der Waals surface area contributed by atoms with Crippen molar-refractivity contribution in [3.8, 4) is 33.8 Å². The van der Waals surface area contributed by atoms with Crippen molar-refractivity contribution in [2.75, 3.05) is 18.6 Å². The molecule has 1 N–H and O–H groups in total. The summed E-state index contributed by atoms with van der Waals surface area (Å²) >= 11 is 0. The SMILES string of the molecule is CNC(=O)c1ccccc1-c1cc2c(-c3cn(C4CS(=O)(=O)C4)nc3-c3ccc(F)cc3)ncnc2o1. The average Bonchev–Trinajstić information content (AvgIpc) is 3.52. The van der Waals surface area contributed by atoms with Crippen molar-refractivity contribution in [3.63, 3.8) is 0 Å². The summed E-state index contributed by atoms with van der Waals surface area (Å²) in [5.41, 5.74) is 3.68. The zero-order chi connectivity index (χ0) is 25.7. The molecule has 2 aromatic carbocycles. The average molecular weight is 518 g/mol. The summed E-state index contributed by atoms with van der Waals surface area (Å²) in [6.07, 6.45) is 3.13. The number of sulfone groups is 1. The van der Waals surface area contributed by atoms with Crippen LogP contribution in [0.5, 0.6) is 0 Å². The number of nitrogens with one attached hydrogen (secondary N) is 1. The van der Waals surface area contributed by atoms with E-state index in [-0.39, 0.29) is 29.3 Å². The van der Waals surface area contributed by atoms with Gasteiger partial charge in [0.15, 0.2) is 9.84 Å². The van der Waals surface area contributed by atoms with Gasteiger partial charge in [0, 0.05) is 29.9 Å². The van der Waals surface area contributed by atoms with Crippen LogP contribution in [0.4, 0.5) is 4.39 Å². The molecule has 5 aromatic rings. The Labute approximate surface area is 210 Å². The van der Waals surface area contributed by atoms with Crippen LogP contribution in [0.25, 0.3) is 44.9 Å². The number of amides is 1. The number of hydrogen-bond acceptors (Lipinski definition) is 7. The molecule has 1 aliphatic rings. The first-order valence-electron chi connectivity index (χ1n) is 11.4. The number of carbonyl (C=O) groups excluding carboxylic acids is 1. The molecule has 0 radical (unpaired) electrons. The van der Waals surface area contributed by atoms with Crippen LogP contribution in [0.1, 0.15) is 16.4 Å². The molecule has 0 bridgehead atoms. The molecular weight excluding hydrogens is 497 g/mol. The molecule has 9 nitrogen and oxygen atoms in total. The lowest BCUT2D eigenvalue weighted by Crippen LogP contribution is -2.38. The third kappa shape index (κ3) is 4.06. The molecule has 11 heteroatoms. The second-order valence-corrected chi connectivity index (χ2v) is 10.9. The maximum absolute atomic E-state index is 13.6. The van der Waals surface area contributed by atoms with E-state index in [0.717, 1.165) is 0 Å². The summed E-state index contributed by atoms with van der Waals surface area (Å²) in [5.74, 6) is -0.187. The van der Waals surface area contributed by atoms with Gasteiger partial charge in [-0.25, -0.2) is 22.8 Å².